The summed E-state index contributed by atoms with van der Waals surface area (Å²) in [4.78, 5) is 12.0. The maximum absolute atomic E-state index is 12.0. The van der Waals surface area contributed by atoms with E-state index in [2.05, 4.69) is 15.5 Å². The molecule has 1 heterocycles. The number of hydrogen-bond donors (Lipinski definition) is 2. The molecule has 0 aliphatic carbocycles. The molecule has 0 spiro atoms. The highest BCUT2D eigenvalue weighted by Gasteiger charge is 2.12. The van der Waals surface area contributed by atoms with E-state index in [1.54, 1.807) is 36.5 Å². The number of nitrogens with one attached hydrogen (secondary N) is 1. The number of carbonyl (C=O) groups excluding carboxylic acids is 1. The lowest BCUT2D eigenvalue weighted by Gasteiger charge is -2.10. The highest BCUT2D eigenvalue weighted by molar-refractivity contribution is 6.00. The first-order chi connectivity index (χ1) is 9.22. The predicted molar refractivity (Wildman–Crippen MR) is 70.6 cm³/mol. The minimum Gasteiger partial charge on any atom is -0.495 e. The van der Waals surface area contributed by atoms with E-state index >= 15 is 0 Å². The van der Waals surface area contributed by atoms with Gasteiger partial charge in [-0.05, 0) is 24.3 Å². The van der Waals surface area contributed by atoms with Gasteiger partial charge >= 0.3 is 0 Å². The van der Waals surface area contributed by atoms with Crippen molar-refractivity contribution >= 4 is 11.6 Å². The number of nitrogens with zero attached hydrogens (tertiary/aromatic N) is 2. The summed E-state index contributed by atoms with van der Waals surface area (Å²) in [6, 6.07) is 8.60. The van der Waals surface area contributed by atoms with E-state index in [1.807, 2.05) is 0 Å². The zero-order chi connectivity index (χ0) is 13.7. The summed E-state index contributed by atoms with van der Waals surface area (Å²) < 4.78 is 5.07. The monoisotopic (exact) mass is 258 g/mol. The van der Waals surface area contributed by atoms with Crippen LogP contribution in [0.3, 0.4) is 0 Å². The molecule has 0 fully saturated rings. The number of ether oxygens (including phenoxy) is 1. The maximum Gasteiger partial charge on any atom is 0.253 e. The normalized spacial score (nSPS) is 9.95. The van der Waals surface area contributed by atoms with Crippen molar-refractivity contribution in [3.05, 3.63) is 47.8 Å². The Morgan fingerprint density at radius 1 is 1.37 bits per heavy atom. The summed E-state index contributed by atoms with van der Waals surface area (Å²) in [5, 5.41) is 10.3. The summed E-state index contributed by atoms with van der Waals surface area (Å²) in [6.45, 7) is 0.295. The van der Waals surface area contributed by atoms with Crippen molar-refractivity contribution in [3.63, 3.8) is 0 Å². The zero-order valence-corrected chi connectivity index (χ0v) is 10.5. The second-order valence-corrected chi connectivity index (χ2v) is 3.82. The molecule has 98 valence electrons. The van der Waals surface area contributed by atoms with Crippen LogP contribution in [0.25, 0.3) is 0 Å². The van der Waals surface area contributed by atoms with Crippen molar-refractivity contribution in [1.29, 1.82) is 0 Å². The van der Waals surface area contributed by atoms with Crippen molar-refractivity contribution in [2.75, 3.05) is 12.8 Å². The molecule has 2 aromatic rings. The highest BCUT2D eigenvalue weighted by Crippen LogP contribution is 2.24. The van der Waals surface area contributed by atoms with Crippen molar-refractivity contribution in [1.82, 2.24) is 15.5 Å². The third-order valence-electron chi connectivity index (χ3n) is 2.59. The number of methoxy groups -OCH3 is 1. The van der Waals surface area contributed by atoms with Crippen LogP contribution in [0.15, 0.2) is 36.5 Å². The fourth-order valence-corrected chi connectivity index (χ4v) is 1.61. The molecule has 2 rings (SSSR count). The number of benzene rings is 1. The van der Waals surface area contributed by atoms with Gasteiger partial charge in [-0.1, -0.05) is 6.07 Å². The molecule has 1 amide bonds. The lowest BCUT2D eigenvalue weighted by atomic mass is 10.1. The molecule has 0 saturated carbocycles. The maximum atomic E-state index is 12.0. The van der Waals surface area contributed by atoms with Crippen LogP contribution in [-0.4, -0.2) is 23.2 Å². The van der Waals surface area contributed by atoms with Crippen LogP contribution in [-0.2, 0) is 6.54 Å². The first-order valence-electron chi connectivity index (χ1n) is 5.69. The molecule has 0 unspecified atom stereocenters. The van der Waals surface area contributed by atoms with Crippen LogP contribution in [0, 0.1) is 0 Å². The smallest absolute Gasteiger partial charge is 0.253 e. The van der Waals surface area contributed by atoms with Gasteiger partial charge < -0.3 is 15.8 Å². The molecule has 1 aromatic carbocycles. The van der Waals surface area contributed by atoms with Gasteiger partial charge in [-0.2, -0.15) is 10.2 Å². The molecule has 0 saturated heterocycles. The molecule has 3 N–H and O–H groups in total. The SMILES string of the molecule is COc1cccc(C(=O)NCc2cccnn2)c1N. The molecular formula is C13H14N4O2. The number of hydrogen-bond acceptors (Lipinski definition) is 5. The topological polar surface area (TPSA) is 90.1 Å². The Labute approximate surface area is 110 Å². The molecule has 1 aromatic heterocycles. The van der Waals surface area contributed by atoms with E-state index in [9.17, 15) is 4.79 Å². The Morgan fingerprint density at radius 2 is 2.21 bits per heavy atom. The first kappa shape index (κ1) is 12.8. The van der Waals surface area contributed by atoms with Crippen molar-refractivity contribution in [2.45, 2.75) is 6.54 Å². The molecule has 0 radical (unpaired) electrons. The summed E-state index contributed by atoms with van der Waals surface area (Å²) in [6.07, 6.45) is 1.57. The summed E-state index contributed by atoms with van der Waals surface area (Å²) >= 11 is 0. The fourth-order valence-electron chi connectivity index (χ4n) is 1.61. The van der Waals surface area contributed by atoms with E-state index in [0.717, 1.165) is 0 Å². The second kappa shape index (κ2) is 5.81. The number of rotatable bonds is 4. The minimum absolute atomic E-state index is 0.276. The van der Waals surface area contributed by atoms with Gasteiger partial charge in [-0.3, -0.25) is 4.79 Å². The number of para-hydroxylation sites is 1. The number of nitrogens with two attached hydrogens (primary N) is 1. The van der Waals surface area contributed by atoms with E-state index in [1.165, 1.54) is 7.11 Å². The molecule has 6 heteroatoms. The Kier molecular flexibility index (Phi) is 3.92. The number of amides is 1. The van der Waals surface area contributed by atoms with Gasteiger partial charge in [0.05, 0.1) is 30.6 Å². The molecule has 0 aliphatic rings. The molecular weight excluding hydrogens is 244 g/mol. The van der Waals surface area contributed by atoms with Gasteiger partial charge in [0.15, 0.2) is 0 Å². The molecule has 0 aliphatic heterocycles. The number of nitrogen functional groups attached to an aromatic ring is 1. The Morgan fingerprint density at radius 3 is 2.89 bits per heavy atom. The lowest BCUT2D eigenvalue weighted by molar-refractivity contribution is 0.0951. The quantitative estimate of drug-likeness (QED) is 0.798. The molecule has 0 bridgehead atoms. The summed E-state index contributed by atoms with van der Waals surface area (Å²) in [5.74, 6) is 0.203. The summed E-state index contributed by atoms with van der Waals surface area (Å²) in [7, 11) is 1.51. The fraction of sp³-hybridized carbons (Fsp3) is 0.154. The van der Waals surface area contributed by atoms with E-state index in [4.69, 9.17) is 10.5 Å². The number of anilines is 1. The second-order valence-electron chi connectivity index (χ2n) is 3.82. The minimum atomic E-state index is -0.276. The average Bonchev–Trinajstić information content (AvgIpc) is 2.46. The molecule has 0 atom stereocenters. The number of aromatic nitrogens is 2. The Balaban J connectivity index is 2.08. The largest absolute Gasteiger partial charge is 0.495 e. The van der Waals surface area contributed by atoms with Crippen molar-refractivity contribution in [3.8, 4) is 5.75 Å². The van der Waals surface area contributed by atoms with E-state index < -0.39 is 0 Å². The predicted octanol–water partition coefficient (Wildman–Crippen LogP) is 0.997. The van der Waals surface area contributed by atoms with Crippen LogP contribution >= 0.6 is 0 Å². The average molecular weight is 258 g/mol. The van der Waals surface area contributed by atoms with Gasteiger partial charge in [-0.25, -0.2) is 0 Å². The standard InChI is InChI=1S/C13H14N4O2/c1-19-11-6-2-5-10(12(11)14)13(18)15-8-9-4-3-7-16-17-9/h2-7H,8,14H2,1H3,(H,15,18). The summed E-state index contributed by atoms with van der Waals surface area (Å²) in [5.41, 5.74) is 7.23. The van der Waals surface area contributed by atoms with Crippen molar-refractivity contribution in [2.24, 2.45) is 0 Å². The highest BCUT2D eigenvalue weighted by atomic mass is 16.5. The Hall–Kier alpha value is -2.63. The van der Waals surface area contributed by atoms with Crippen LogP contribution in [0.4, 0.5) is 5.69 Å². The third kappa shape index (κ3) is 2.98. The van der Waals surface area contributed by atoms with E-state index in [0.29, 0.717) is 29.2 Å². The lowest BCUT2D eigenvalue weighted by Crippen LogP contribution is -2.24. The van der Waals surface area contributed by atoms with Gasteiger partial charge in [0, 0.05) is 6.20 Å². The third-order valence-corrected chi connectivity index (χ3v) is 2.59. The van der Waals surface area contributed by atoms with Gasteiger partial charge in [0.25, 0.3) is 5.91 Å². The van der Waals surface area contributed by atoms with E-state index in [-0.39, 0.29) is 5.91 Å². The number of carbonyl (C=O) groups is 1. The zero-order valence-electron chi connectivity index (χ0n) is 10.5. The Bertz CT molecular complexity index is 572. The van der Waals surface area contributed by atoms with Crippen LogP contribution < -0.4 is 15.8 Å². The van der Waals surface area contributed by atoms with Crippen LogP contribution in [0.2, 0.25) is 0 Å². The van der Waals surface area contributed by atoms with Crippen LogP contribution in [0.1, 0.15) is 16.1 Å². The van der Waals surface area contributed by atoms with Gasteiger partial charge in [0.2, 0.25) is 0 Å². The van der Waals surface area contributed by atoms with Crippen molar-refractivity contribution < 1.29 is 9.53 Å². The van der Waals surface area contributed by atoms with Gasteiger partial charge in [-0.15, -0.1) is 0 Å². The molecule has 19 heavy (non-hydrogen) atoms. The molecule has 6 nitrogen and oxygen atoms in total. The first-order valence-corrected chi connectivity index (χ1v) is 5.69. The van der Waals surface area contributed by atoms with Crippen LogP contribution in [0.5, 0.6) is 5.75 Å². The van der Waals surface area contributed by atoms with Gasteiger partial charge in [0.1, 0.15) is 5.75 Å².